The predicted octanol–water partition coefficient (Wildman–Crippen LogP) is 1.14. The number of hydrogen-bond donors (Lipinski definition) is 0. The van der Waals surface area contributed by atoms with E-state index in [1.54, 1.807) is 0 Å². The van der Waals surface area contributed by atoms with E-state index in [4.69, 9.17) is 18.8 Å². The molecule has 1 aromatic rings. The number of sulfone groups is 1. The van der Waals surface area contributed by atoms with Crippen molar-refractivity contribution in [3.63, 3.8) is 0 Å². The zero-order valence-electron chi connectivity index (χ0n) is 17.2. The second kappa shape index (κ2) is 9.17. The van der Waals surface area contributed by atoms with E-state index in [0.29, 0.717) is 5.46 Å². The van der Waals surface area contributed by atoms with Gasteiger partial charge in [-0.25, -0.2) is 12.8 Å². The number of hydrogen-bond acceptors (Lipinski definition) is 7. The largest absolute Gasteiger partial charge is 0.496 e. The zero-order chi connectivity index (χ0) is 21.0. The molecule has 0 aromatic carbocycles. The highest BCUT2D eigenvalue weighted by Gasteiger charge is 2.51. The average molecular weight is 417 g/mol. The Balaban J connectivity index is 0.000000397. The summed E-state index contributed by atoms with van der Waals surface area (Å²) in [7, 11) is -3.84. The lowest BCUT2D eigenvalue weighted by Gasteiger charge is -2.32. The molecule has 3 rings (SSSR count). The molecule has 0 bridgehead atoms. The van der Waals surface area contributed by atoms with Crippen LogP contribution in [-0.2, 0) is 35.0 Å². The summed E-state index contributed by atoms with van der Waals surface area (Å²) in [5.74, 6) is -0.678. The molecule has 0 N–H and O–H groups in total. The van der Waals surface area contributed by atoms with Crippen molar-refractivity contribution < 1.29 is 31.6 Å². The molecule has 158 valence electrons. The number of rotatable bonds is 4. The fourth-order valence-corrected chi connectivity index (χ4v) is 3.06. The molecular formula is C18H29BFNO6S. The lowest BCUT2D eigenvalue weighted by molar-refractivity contribution is -0.0334. The van der Waals surface area contributed by atoms with Crippen molar-refractivity contribution in [2.45, 2.75) is 45.3 Å². The summed E-state index contributed by atoms with van der Waals surface area (Å²) in [5.41, 5.74) is -0.406. The van der Waals surface area contributed by atoms with E-state index in [1.807, 2.05) is 27.7 Å². The number of aromatic nitrogens is 1. The lowest BCUT2D eigenvalue weighted by atomic mass is 9.80. The maximum Gasteiger partial charge on any atom is 0.496 e. The highest BCUT2D eigenvalue weighted by atomic mass is 32.2. The van der Waals surface area contributed by atoms with Crippen LogP contribution in [0.4, 0.5) is 4.39 Å². The Hall–Kier alpha value is -1.07. The first-order valence-corrected chi connectivity index (χ1v) is 11.3. The molecule has 28 heavy (non-hydrogen) atoms. The van der Waals surface area contributed by atoms with Gasteiger partial charge in [0.15, 0.2) is 0 Å². The van der Waals surface area contributed by atoms with E-state index >= 15 is 0 Å². The van der Waals surface area contributed by atoms with E-state index in [9.17, 15) is 12.8 Å². The smallest absolute Gasteiger partial charge is 0.399 e. The van der Waals surface area contributed by atoms with E-state index < -0.39 is 34.0 Å². The van der Waals surface area contributed by atoms with Crippen LogP contribution < -0.4 is 5.46 Å². The minimum atomic E-state index is -3.15. The number of halogens is 1. The summed E-state index contributed by atoms with van der Waals surface area (Å²) in [5, 5.41) is 0. The first-order chi connectivity index (χ1) is 12.9. The van der Waals surface area contributed by atoms with Gasteiger partial charge in [0.25, 0.3) is 0 Å². The molecule has 0 atom stereocenters. The van der Waals surface area contributed by atoms with Crippen molar-refractivity contribution in [1.82, 2.24) is 4.98 Å². The Morgan fingerprint density at radius 2 is 1.57 bits per heavy atom. The molecule has 0 amide bonds. The molecule has 7 nitrogen and oxygen atoms in total. The molecule has 0 spiro atoms. The average Bonchev–Trinajstić information content (AvgIpc) is 2.83. The predicted molar refractivity (Wildman–Crippen MR) is 105 cm³/mol. The van der Waals surface area contributed by atoms with E-state index in [-0.39, 0.29) is 17.9 Å². The van der Waals surface area contributed by atoms with Crippen LogP contribution in [0.3, 0.4) is 0 Å². The Kier molecular flexibility index (Phi) is 7.60. The quantitative estimate of drug-likeness (QED) is 0.680. The topological polar surface area (TPSA) is 84.0 Å². The van der Waals surface area contributed by atoms with Crippen molar-refractivity contribution >= 4 is 22.4 Å². The third-order valence-corrected chi connectivity index (χ3v) is 5.86. The molecule has 2 aliphatic rings. The van der Waals surface area contributed by atoms with Crippen molar-refractivity contribution in [3.05, 3.63) is 23.8 Å². The minimum absolute atomic E-state index is 0.0499. The number of nitrogens with zero attached hydrogens (tertiary/aromatic N) is 1. The van der Waals surface area contributed by atoms with Crippen molar-refractivity contribution in [3.8, 4) is 0 Å². The highest BCUT2D eigenvalue weighted by Crippen LogP contribution is 2.36. The lowest BCUT2D eigenvalue weighted by Crippen LogP contribution is -2.41. The maximum atomic E-state index is 14.1. The Labute approximate surface area is 167 Å². The fourth-order valence-electron chi connectivity index (χ4n) is 2.49. The van der Waals surface area contributed by atoms with Gasteiger partial charge < -0.3 is 18.8 Å². The summed E-state index contributed by atoms with van der Waals surface area (Å²) >= 11 is 0. The van der Waals surface area contributed by atoms with Crippen LogP contribution in [0.2, 0.25) is 0 Å². The van der Waals surface area contributed by atoms with Crippen LogP contribution in [0, 0.1) is 5.82 Å². The number of pyridine rings is 1. The van der Waals surface area contributed by atoms with E-state index in [2.05, 4.69) is 4.98 Å². The highest BCUT2D eigenvalue weighted by molar-refractivity contribution is 7.90. The van der Waals surface area contributed by atoms with Crippen molar-refractivity contribution in [1.29, 1.82) is 0 Å². The van der Waals surface area contributed by atoms with Crippen molar-refractivity contribution in [2.75, 3.05) is 38.4 Å². The van der Waals surface area contributed by atoms with Gasteiger partial charge in [-0.15, -0.1) is 0 Å². The second-order valence-corrected chi connectivity index (χ2v) is 10.1. The van der Waals surface area contributed by atoms with Crippen LogP contribution in [0.1, 0.15) is 33.4 Å². The molecule has 0 radical (unpaired) electrons. The molecule has 0 unspecified atom stereocenters. The molecule has 0 saturated carbocycles. The van der Waals surface area contributed by atoms with Crippen LogP contribution in [0.5, 0.6) is 0 Å². The SMILES string of the molecule is C1COCCO1.CC1(C)OB(c2cnc(CCS(C)(=O)=O)c(F)c2)OC1(C)C. The van der Waals surface area contributed by atoms with E-state index in [0.717, 1.165) is 32.7 Å². The molecule has 2 aliphatic heterocycles. The molecule has 0 aliphatic carbocycles. The van der Waals surface area contributed by atoms with Crippen molar-refractivity contribution in [2.24, 2.45) is 0 Å². The van der Waals surface area contributed by atoms with Gasteiger partial charge in [-0.1, -0.05) is 0 Å². The minimum Gasteiger partial charge on any atom is -0.399 e. The third-order valence-electron chi connectivity index (χ3n) is 4.92. The molecule has 2 saturated heterocycles. The maximum absolute atomic E-state index is 14.1. The van der Waals surface area contributed by atoms with Crippen LogP contribution in [0.15, 0.2) is 12.3 Å². The van der Waals surface area contributed by atoms with Crippen LogP contribution >= 0.6 is 0 Å². The van der Waals surface area contributed by atoms with E-state index in [1.165, 1.54) is 12.3 Å². The summed E-state index contributed by atoms with van der Waals surface area (Å²) in [6.07, 6.45) is 2.64. The van der Waals surface area contributed by atoms with Gasteiger partial charge in [-0.2, -0.15) is 0 Å². The van der Waals surface area contributed by atoms with Gasteiger partial charge in [0.05, 0.1) is 49.1 Å². The summed E-state index contributed by atoms with van der Waals surface area (Å²) in [6, 6.07) is 1.30. The normalized spacial score (nSPS) is 21.1. The molecular weight excluding hydrogens is 388 g/mol. The Morgan fingerprint density at radius 3 is 1.96 bits per heavy atom. The third kappa shape index (κ3) is 6.48. The van der Waals surface area contributed by atoms with Gasteiger partial charge >= 0.3 is 7.12 Å². The van der Waals surface area contributed by atoms with Crippen LogP contribution in [-0.4, -0.2) is 70.2 Å². The van der Waals surface area contributed by atoms with Gasteiger partial charge in [0.1, 0.15) is 15.7 Å². The Morgan fingerprint density at radius 1 is 1.07 bits per heavy atom. The molecule has 2 fully saturated rings. The molecule has 1 aromatic heterocycles. The van der Waals surface area contributed by atoms with Gasteiger partial charge in [0, 0.05) is 24.3 Å². The second-order valence-electron chi connectivity index (χ2n) is 7.89. The van der Waals surface area contributed by atoms with Gasteiger partial charge in [-0.05, 0) is 33.8 Å². The number of aryl methyl sites for hydroxylation is 1. The first-order valence-electron chi connectivity index (χ1n) is 9.24. The first kappa shape index (κ1) is 23.2. The van der Waals surface area contributed by atoms with Crippen LogP contribution in [0.25, 0.3) is 0 Å². The zero-order valence-corrected chi connectivity index (χ0v) is 18.0. The summed E-state index contributed by atoms with van der Waals surface area (Å²) in [6.45, 7) is 10.8. The standard InChI is InChI=1S/C14H21BFNO4S.C4H8O2/c1-13(2)14(3,4)21-15(20-13)10-8-11(16)12(17-9-10)6-7-22(5,18)19;1-2-6-4-3-5-1/h8-9H,6-7H2,1-5H3;1-4H2. The molecule has 3 heterocycles. The summed E-state index contributed by atoms with van der Waals surface area (Å²) in [4.78, 5) is 4.02. The fraction of sp³-hybridized carbons (Fsp3) is 0.722. The van der Waals surface area contributed by atoms with Gasteiger partial charge in [0.2, 0.25) is 0 Å². The van der Waals surface area contributed by atoms with Gasteiger partial charge in [-0.3, -0.25) is 4.98 Å². The Bertz CT molecular complexity index is 740. The monoisotopic (exact) mass is 417 g/mol. The summed E-state index contributed by atoms with van der Waals surface area (Å²) < 4.78 is 57.9. The molecule has 10 heteroatoms. The number of ether oxygens (including phenoxy) is 2.